The van der Waals surface area contributed by atoms with Gasteiger partial charge in [0.1, 0.15) is 16.7 Å². The Balaban J connectivity index is 0.000000145. The quantitative estimate of drug-likeness (QED) is 0.0797. The van der Waals surface area contributed by atoms with Gasteiger partial charge in [-0.15, -0.1) is 23.6 Å². The van der Waals surface area contributed by atoms with Gasteiger partial charge in [-0.1, -0.05) is 211 Å². The number of nitrogens with zero attached hydrogens (tertiary/aromatic N) is 11. The summed E-state index contributed by atoms with van der Waals surface area (Å²) in [7, 11) is 3.11. The number of rotatable bonds is 10. The van der Waals surface area contributed by atoms with Gasteiger partial charge < -0.3 is 41.4 Å². The summed E-state index contributed by atoms with van der Waals surface area (Å²) < 4.78 is 30.7. The van der Waals surface area contributed by atoms with E-state index in [4.69, 9.17) is 33.2 Å². The van der Waals surface area contributed by atoms with Crippen LogP contribution in [-0.2, 0) is 48.2 Å². The van der Waals surface area contributed by atoms with Gasteiger partial charge >= 0.3 is 12.0 Å². The van der Waals surface area contributed by atoms with Crippen LogP contribution in [0.4, 0.5) is 51.6 Å². The zero-order valence-electron chi connectivity index (χ0n) is 58.3. The van der Waals surface area contributed by atoms with Crippen LogP contribution < -0.4 is 45.0 Å². The largest absolute Gasteiger partial charge is 0.535 e. The number of nitrogens with one attached hydrogen (secondary N) is 1. The average molecular weight is 1510 g/mol. The first-order chi connectivity index (χ1) is 52.3. The van der Waals surface area contributed by atoms with E-state index in [1.54, 1.807) is 6.26 Å². The summed E-state index contributed by atoms with van der Waals surface area (Å²) in [5.74, 6) is 0.755. The van der Waals surface area contributed by atoms with E-state index in [9.17, 15) is 0 Å². The summed E-state index contributed by atoms with van der Waals surface area (Å²) in [5.41, 5.74) is 19.8. The fourth-order valence-electron chi connectivity index (χ4n) is 16.1. The van der Waals surface area contributed by atoms with Crippen molar-refractivity contribution >= 4 is 178 Å². The standard InChI is InChI=1S/C45H35N8OSi.C44H26N4O2Si.2Mn/c1-49-27-26-31-32(28-50(2)44(31)49)33-22-24-39-43(47-33)52(38-21-13-12-20-37(38)51(39)3)45-48-41-40(54-45)25-23-35-42(41)53(36-19-11-10-18-34(36)46-35)55(29-14-6-4-7-15-29)30-16-8-5-9-17-30;1-3-12-28(13-4-1)51(29-14-5-2-6-15-29)48-38-20-10-8-16-31(38)34-23-25-40-41(42(34)48)46-44(50-40)47-37-19-9-7-17-32(37)35-22-24-36(45-43(35)47)30-18-11-21-39-33(30)26-27-49-39;;/h4-28,46H,1-3H3;1-25,27H;;/q;-1;;. The predicted octanol–water partition coefficient (Wildman–Crippen LogP) is 17.8. The molecule has 0 fully saturated rings. The van der Waals surface area contributed by atoms with Crippen molar-refractivity contribution in [2.45, 2.75) is 0 Å². The fraction of sp³-hybridized carbons (Fsp3) is 0.0337. The molecule has 0 bridgehead atoms. The summed E-state index contributed by atoms with van der Waals surface area (Å²) in [6.07, 6.45) is 5.86. The number of oxazole rings is 2. The van der Waals surface area contributed by atoms with Crippen molar-refractivity contribution in [1.29, 1.82) is 0 Å². The maximum absolute atomic E-state index is 6.88. The van der Waals surface area contributed by atoms with Crippen molar-refractivity contribution in [2.75, 3.05) is 26.7 Å². The molecule has 0 saturated heterocycles. The summed E-state index contributed by atoms with van der Waals surface area (Å²) in [6.45, 7) is 0. The Bertz CT molecular complexity index is 6790. The predicted molar refractivity (Wildman–Crippen MR) is 429 cm³/mol. The SMILES string of the molecule is CN1c2ccccc2N(c2nc3c4c(ccc3o2)Nc2ccccc2N4[Si](c2ccccc2)c2ccccc2)c2nc(-c3cn(C)c4c3[cH-]c[n+]4C)ccc21.[Mn].[Mn].[c-]1coc2cccc(-c3ccc4c5ccccc5n(-c5nc6c(ccc7c8ccccc8n([Si](c8ccccc8)c8ccccc8)c76)o5)c4n3)c12. The Morgan fingerprint density at radius 2 is 1.05 bits per heavy atom. The molecule has 9 aromatic heterocycles. The first-order valence-corrected chi connectivity index (χ1v) is 38.2. The van der Waals surface area contributed by atoms with Gasteiger partial charge in [0.2, 0.25) is 17.9 Å². The average Bonchev–Trinajstić information content (AvgIpc) is 1.52. The van der Waals surface area contributed by atoms with Crippen LogP contribution in [0.3, 0.4) is 0 Å². The van der Waals surface area contributed by atoms with Crippen molar-refractivity contribution in [3.63, 3.8) is 0 Å². The van der Waals surface area contributed by atoms with Crippen LogP contribution in [-0.4, -0.2) is 58.3 Å². The van der Waals surface area contributed by atoms with E-state index in [0.717, 1.165) is 140 Å². The van der Waals surface area contributed by atoms with E-state index in [0.29, 0.717) is 17.6 Å². The molecule has 0 amide bonds. The molecule has 518 valence electrons. The molecule has 0 unspecified atom stereocenters. The summed E-state index contributed by atoms with van der Waals surface area (Å²) in [6, 6.07) is 107. The second-order valence-corrected chi connectivity index (χ2v) is 31.4. The number of para-hydroxylation sites is 6. The van der Waals surface area contributed by atoms with Crippen LogP contribution in [0.2, 0.25) is 0 Å². The number of furan rings is 1. The normalized spacial score (nSPS) is 12.4. The molecular weight excluding hydrogens is 1450 g/mol. The van der Waals surface area contributed by atoms with Crippen LogP contribution in [0.1, 0.15) is 0 Å². The van der Waals surface area contributed by atoms with Gasteiger partial charge in [-0.25, -0.2) is 19.4 Å². The molecular formula is C89H61Mn2N12O3Si2-. The molecule has 20 aromatic rings. The Morgan fingerprint density at radius 1 is 0.463 bits per heavy atom. The molecule has 2 aliphatic heterocycles. The van der Waals surface area contributed by atoms with Gasteiger partial charge in [-0.2, -0.15) is 9.97 Å². The number of benzene rings is 11. The number of hydrogen-bond acceptors (Lipinski definition) is 11. The van der Waals surface area contributed by atoms with E-state index >= 15 is 0 Å². The third-order valence-corrected chi connectivity index (χ3v) is 26.1. The van der Waals surface area contributed by atoms with Crippen molar-refractivity contribution in [2.24, 2.45) is 14.1 Å². The molecule has 0 spiro atoms. The molecule has 0 aliphatic carbocycles. The van der Waals surface area contributed by atoms with E-state index in [-0.39, 0.29) is 34.1 Å². The van der Waals surface area contributed by atoms with Gasteiger partial charge in [0.15, 0.2) is 22.6 Å². The maximum Gasteiger partial charge on any atom is 0.309 e. The molecule has 22 rings (SSSR count). The third-order valence-electron chi connectivity index (χ3n) is 20.7. The molecule has 2 aliphatic rings. The van der Waals surface area contributed by atoms with Gasteiger partial charge in [-0.05, 0) is 106 Å². The minimum absolute atomic E-state index is 0. The Labute approximate surface area is 644 Å². The minimum Gasteiger partial charge on any atom is -0.535 e. The number of aromatic nitrogens is 8. The van der Waals surface area contributed by atoms with Crippen LogP contribution in [0, 0.1) is 6.07 Å². The summed E-state index contributed by atoms with van der Waals surface area (Å²) >= 11 is 0. The molecule has 11 aromatic carbocycles. The number of fused-ring (bicyclic) bond motifs is 16. The fourth-order valence-corrected chi connectivity index (χ4v) is 21.6. The van der Waals surface area contributed by atoms with Crippen LogP contribution >= 0.6 is 0 Å². The van der Waals surface area contributed by atoms with Crippen LogP contribution in [0.25, 0.3) is 116 Å². The monoisotopic (exact) mass is 1510 g/mol. The number of hydrogen-bond donors (Lipinski definition) is 1. The third kappa shape index (κ3) is 10.4. The van der Waals surface area contributed by atoms with Crippen molar-refractivity contribution in [3.8, 4) is 28.5 Å². The molecule has 11 heterocycles. The maximum atomic E-state index is 6.88. The van der Waals surface area contributed by atoms with Gasteiger partial charge in [0.25, 0.3) is 0 Å². The second kappa shape index (κ2) is 26.4. The van der Waals surface area contributed by atoms with Crippen LogP contribution in [0.15, 0.2) is 323 Å². The number of anilines is 9. The summed E-state index contributed by atoms with van der Waals surface area (Å²) in [4.78, 5) is 25.8. The number of pyridine rings is 2. The zero-order valence-corrected chi connectivity index (χ0v) is 62.7. The Morgan fingerprint density at radius 3 is 1.78 bits per heavy atom. The smallest absolute Gasteiger partial charge is 0.309 e. The zero-order chi connectivity index (χ0) is 70.3. The number of aryl methyl sites for hydroxylation is 2. The van der Waals surface area contributed by atoms with E-state index in [2.05, 4.69) is 344 Å². The van der Waals surface area contributed by atoms with E-state index < -0.39 is 17.9 Å². The topological polar surface area (TPSA) is 131 Å². The van der Waals surface area contributed by atoms with Gasteiger partial charge in [0, 0.05) is 104 Å². The molecule has 15 nitrogen and oxygen atoms in total. The Kier molecular flexibility index (Phi) is 16.1. The van der Waals surface area contributed by atoms with Crippen molar-refractivity contribution < 1.29 is 52.0 Å². The first kappa shape index (κ1) is 66.0. The molecule has 108 heavy (non-hydrogen) atoms. The second-order valence-electron chi connectivity index (χ2n) is 26.8. The van der Waals surface area contributed by atoms with Crippen molar-refractivity contribution in [1.82, 2.24) is 33.3 Å². The summed E-state index contributed by atoms with van der Waals surface area (Å²) in [5, 5.41) is 15.4. The van der Waals surface area contributed by atoms with E-state index in [1.807, 2.05) is 24.3 Å². The molecule has 0 saturated carbocycles. The molecule has 1 N–H and O–H groups in total. The van der Waals surface area contributed by atoms with Gasteiger partial charge in [0.05, 0.1) is 64.9 Å². The van der Waals surface area contributed by atoms with Crippen molar-refractivity contribution in [3.05, 3.63) is 316 Å². The molecule has 19 heteroatoms. The first-order valence-electron chi connectivity index (χ1n) is 35.3. The van der Waals surface area contributed by atoms with E-state index in [1.165, 1.54) is 31.6 Å². The van der Waals surface area contributed by atoms with Crippen LogP contribution in [0.5, 0.6) is 0 Å². The Hall–Kier alpha value is -12.7. The minimum atomic E-state index is -1.61. The molecule has 4 radical (unpaired) electrons. The molecule has 0 atom stereocenters. The van der Waals surface area contributed by atoms with Gasteiger partial charge in [-0.3, -0.25) is 0 Å².